The van der Waals surface area contributed by atoms with Crippen LogP contribution in [-0.2, 0) is 28.6 Å². The topological polar surface area (TPSA) is 78.9 Å². The first-order chi connectivity index (χ1) is 39.0. The lowest BCUT2D eigenvalue weighted by molar-refractivity contribution is -0.166. The van der Waals surface area contributed by atoms with Crippen molar-refractivity contribution in [2.45, 2.75) is 245 Å². The lowest BCUT2D eigenvalue weighted by atomic mass is 10.1. The normalized spacial score (nSPS) is 13.4. The molecule has 0 aromatic heterocycles. The summed E-state index contributed by atoms with van der Waals surface area (Å²) in [5, 5.41) is 0. The van der Waals surface area contributed by atoms with Crippen molar-refractivity contribution in [1.82, 2.24) is 0 Å². The van der Waals surface area contributed by atoms with Crippen molar-refractivity contribution in [3.05, 3.63) is 182 Å². The van der Waals surface area contributed by atoms with E-state index >= 15 is 0 Å². The molecule has 0 rings (SSSR count). The van der Waals surface area contributed by atoms with Gasteiger partial charge in [-0.25, -0.2) is 0 Å². The van der Waals surface area contributed by atoms with Crippen LogP contribution < -0.4 is 0 Å². The third-order valence-electron chi connectivity index (χ3n) is 12.4. The largest absolute Gasteiger partial charge is 0.462 e. The van der Waals surface area contributed by atoms with Gasteiger partial charge >= 0.3 is 17.9 Å². The molecule has 1 unspecified atom stereocenters. The van der Waals surface area contributed by atoms with Gasteiger partial charge in [-0.3, -0.25) is 14.4 Å². The van der Waals surface area contributed by atoms with Crippen molar-refractivity contribution in [1.29, 1.82) is 0 Å². The number of esters is 3. The van der Waals surface area contributed by atoms with Gasteiger partial charge in [0.2, 0.25) is 0 Å². The molecule has 0 N–H and O–H groups in total. The van der Waals surface area contributed by atoms with E-state index in [-0.39, 0.29) is 44.4 Å². The Kier molecular flexibility index (Phi) is 60.5. The highest BCUT2D eigenvalue weighted by Crippen LogP contribution is 2.13. The van der Waals surface area contributed by atoms with Gasteiger partial charge < -0.3 is 14.2 Å². The van der Waals surface area contributed by atoms with E-state index in [2.05, 4.69) is 191 Å². The predicted octanol–water partition coefficient (Wildman–Crippen LogP) is 21.7. The minimum Gasteiger partial charge on any atom is -0.462 e. The van der Waals surface area contributed by atoms with Crippen LogP contribution in [0.25, 0.3) is 0 Å². The zero-order valence-corrected chi connectivity index (χ0v) is 50.3. The Morgan fingerprint density at radius 2 is 0.557 bits per heavy atom. The van der Waals surface area contributed by atoms with Gasteiger partial charge in [-0.05, 0) is 135 Å². The molecule has 0 aromatic carbocycles. The Morgan fingerprint density at radius 3 is 0.924 bits per heavy atom. The van der Waals surface area contributed by atoms with Crippen LogP contribution in [0.2, 0.25) is 0 Å². The van der Waals surface area contributed by atoms with Crippen LogP contribution in [0.3, 0.4) is 0 Å². The number of carbonyl (C=O) groups excluding carboxylic acids is 3. The van der Waals surface area contributed by atoms with E-state index in [9.17, 15) is 14.4 Å². The summed E-state index contributed by atoms with van der Waals surface area (Å²) in [5.41, 5.74) is 0. The Bertz CT molecular complexity index is 1870. The Hall–Kier alpha value is -5.49. The van der Waals surface area contributed by atoms with Crippen LogP contribution >= 0.6 is 0 Å². The van der Waals surface area contributed by atoms with E-state index in [0.29, 0.717) is 12.8 Å². The second-order valence-electron chi connectivity index (χ2n) is 19.9. The molecular weight excluding hydrogens is 973 g/mol. The third-order valence-corrected chi connectivity index (χ3v) is 12.4. The fourth-order valence-electron chi connectivity index (χ4n) is 7.80. The van der Waals surface area contributed by atoms with Gasteiger partial charge in [-0.2, -0.15) is 0 Å². The first kappa shape index (κ1) is 73.5. The molecule has 0 bridgehead atoms. The fraction of sp³-hybridized carbons (Fsp3) is 0.548. The molecule has 0 fully saturated rings. The molecule has 0 radical (unpaired) electrons. The number of rotatable bonds is 54. The SMILES string of the molecule is CC/C=C\C/C=C\C/C=C\C/C=C\C/C=C\C/C=C\C/C=C\CCCC(=O)OCC(COC(=O)C/C=C\C/C=C\C/C=C\C/C=C\C/C=C\CC)OC(=O)CCCCCCCCCC/C=C\C/C=C\C/C=C\CCCCCCC. The van der Waals surface area contributed by atoms with Gasteiger partial charge in [0.25, 0.3) is 0 Å². The minimum absolute atomic E-state index is 0.105. The molecule has 0 saturated carbocycles. The maximum atomic E-state index is 12.9. The first-order valence-electron chi connectivity index (χ1n) is 31.3. The number of carbonyl (C=O) groups is 3. The smallest absolute Gasteiger partial charge is 0.309 e. The maximum Gasteiger partial charge on any atom is 0.309 e. The fourth-order valence-corrected chi connectivity index (χ4v) is 7.80. The summed E-state index contributed by atoms with van der Waals surface area (Å²) in [5.74, 6) is -1.15. The van der Waals surface area contributed by atoms with Crippen molar-refractivity contribution in [2.24, 2.45) is 0 Å². The van der Waals surface area contributed by atoms with Gasteiger partial charge in [0, 0.05) is 12.8 Å². The second kappa shape index (κ2) is 65.0. The number of hydrogen-bond acceptors (Lipinski definition) is 6. The van der Waals surface area contributed by atoms with E-state index in [1.54, 1.807) is 6.08 Å². The van der Waals surface area contributed by atoms with E-state index in [1.807, 2.05) is 6.08 Å². The average Bonchev–Trinajstić information content (AvgIpc) is 3.45. The highest BCUT2D eigenvalue weighted by atomic mass is 16.6. The van der Waals surface area contributed by atoms with Crippen LogP contribution in [0, 0.1) is 0 Å². The minimum atomic E-state index is -0.858. The van der Waals surface area contributed by atoms with Crippen molar-refractivity contribution in [2.75, 3.05) is 13.2 Å². The molecule has 0 aliphatic carbocycles. The first-order valence-corrected chi connectivity index (χ1v) is 31.3. The van der Waals surface area contributed by atoms with E-state index in [0.717, 1.165) is 122 Å². The monoisotopic (exact) mass is 1080 g/mol. The summed E-state index contributed by atoms with van der Waals surface area (Å²) in [6.07, 6.45) is 97.8. The molecule has 440 valence electrons. The van der Waals surface area contributed by atoms with E-state index in [4.69, 9.17) is 14.2 Å². The molecule has 0 amide bonds. The Morgan fingerprint density at radius 1 is 0.278 bits per heavy atom. The third kappa shape index (κ3) is 63.2. The maximum absolute atomic E-state index is 12.9. The van der Waals surface area contributed by atoms with Crippen molar-refractivity contribution in [3.63, 3.8) is 0 Å². The molecule has 6 heteroatoms. The molecule has 79 heavy (non-hydrogen) atoms. The Labute approximate surface area is 484 Å². The molecule has 0 heterocycles. The number of unbranched alkanes of at least 4 members (excludes halogenated alkanes) is 14. The summed E-state index contributed by atoms with van der Waals surface area (Å²) in [6.45, 7) is 6.24. The molecule has 0 spiro atoms. The quantitative estimate of drug-likeness (QED) is 0.0261. The molecular formula is C73H112O6. The van der Waals surface area contributed by atoms with Crippen molar-refractivity contribution in [3.8, 4) is 0 Å². The molecule has 0 aliphatic rings. The van der Waals surface area contributed by atoms with Gasteiger partial charge in [0.1, 0.15) is 13.2 Å². The average molecular weight is 1090 g/mol. The highest BCUT2D eigenvalue weighted by molar-refractivity contribution is 5.72. The summed E-state index contributed by atoms with van der Waals surface area (Å²) in [7, 11) is 0. The lowest BCUT2D eigenvalue weighted by Crippen LogP contribution is -2.30. The predicted molar refractivity (Wildman–Crippen MR) is 343 cm³/mol. The molecule has 0 aromatic rings. The summed E-state index contributed by atoms with van der Waals surface area (Å²) >= 11 is 0. The lowest BCUT2D eigenvalue weighted by Gasteiger charge is -2.18. The van der Waals surface area contributed by atoms with Gasteiger partial charge in [0.15, 0.2) is 6.10 Å². The zero-order chi connectivity index (χ0) is 57.1. The van der Waals surface area contributed by atoms with Gasteiger partial charge in [0.05, 0.1) is 6.42 Å². The van der Waals surface area contributed by atoms with Gasteiger partial charge in [-0.1, -0.05) is 267 Å². The summed E-state index contributed by atoms with van der Waals surface area (Å²) in [4.78, 5) is 38.2. The molecule has 0 aliphatic heterocycles. The van der Waals surface area contributed by atoms with Crippen LogP contribution in [0.5, 0.6) is 0 Å². The van der Waals surface area contributed by atoms with Crippen LogP contribution in [0.1, 0.15) is 239 Å². The second-order valence-corrected chi connectivity index (χ2v) is 19.9. The van der Waals surface area contributed by atoms with Crippen LogP contribution in [0.4, 0.5) is 0 Å². The standard InChI is InChI=1S/C73H112O6/c1-4-7-10-13-16-19-22-25-28-30-32-34-36-38-40-42-45-48-51-54-57-60-63-66-72(75)78-69-70(68-77-71(74)65-62-59-56-53-50-47-44-27-24-21-18-15-12-9-6-3)79-73(76)67-64-61-58-55-52-49-46-43-41-39-37-35-33-31-29-26-23-20-17-14-11-8-5-2/h7,9-10,12,16,18-19,21,23,25-28,31-34,37-40,44-45,48,50,53-54,57,59,62,70H,4-6,8,11,13-15,17,20,22,24,29-30,35-36,41-43,46-47,49,51-52,55-56,58,60-61,63-69H2,1-3H3/b10-7-,12-9-,19-16-,21-18-,26-23-,28-25-,33-31-,34-32-,39-37-,40-38-,44-27-,48-45-,53-50-,57-54-,62-59-. The van der Waals surface area contributed by atoms with Gasteiger partial charge in [-0.15, -0.1) is 0 Å². The van der Waals surface area contributed by atoms with Crippen molar-refractivity contribution >= 4 is 17.9 Å². The van der Waals surface area contributed by atoms with E-state index < -0.39 is 12.1 Å². The number of ether oxygens (including phenoxy) is 3. The van der Waals surface area contributed by atoms with Crippen LogP contribution in [0.15, 0.2) is 182 Å². The number of hydrogen-bond donors (Lipinski definition) is 0. The molecule has 1 atom stereocenters. The van der Waals surface area contributed by atoms with E-state index in [1.165, 1.54) is 64.2 Å². The summed E-state index contributed by atoms with van der Waals surface area (Å²) in [6, 6.07) is 0. The zero-order valence-electron chi connectivity index (χ0n) is 50.3. The molecule has 0 saturated heterocycles. The van der Waals surface area contributed by atoms with Crippen molar-refractivity contribution < 1.29 is 28.6 Å². The highest BCUT2D eigenvalue weighted by Gasteiger charge is 2.19. The molecule has 6 nitrogen and oxygen atoms in total. The summed E-state index contributed by atoms with van der Waals surface area (Å²) < 4.78 is 16.7. The number of allylic oxidation sites excluding steroid dienone is 29. The Balaban J connectivity index is 4.60. The van der Waals surface area contributed by atoms with Crippen LogP contribution in [-0.4, -0.2) is 37.2 Å².